The first-order valence-electron chi connectivity index (χ1n) is 11.5. The number of rotatable bonds is 7. The summed E-state index contributed by atoms with van der Waals surface area (Å²) in [6, 6.07) is 9.31. The van der Waals surface area contributed by atoms with E-state index < -0.39 is 4.92 Å². The molecule has 4 rings (SSSR count). The van der Waals surface area contributed by atoms with Gasteiger partial charge in [-0.1, -0.05) is 12.8 Å². The molecule has 1 aromatic carbocycles. The number of carbonyl (C=O) groups excluding carboxylic acids is 2. The molecule has 2 amide bonds. The molecule has 1 saturated carbocycles. The Labute approximate surface area is 192 Å². The fourth-order valence-corrected chi connectivity index (χ4v) is 4.86. The van der Waals surface area contributed by atoms with Gasteiger partial charge in [0, 0.05) is 62.8 Å². The van der Waals surface area contributed by atoms with E-state index >= 15 is 0 Å². The highest BCUT2D eigenvalue weighted by Gasteiger charge is 2.37. The first-order valence-corrected chi connectivity index (χ1v) is 11.5. The number of benzene rings is 1. The Hall–Kier alpha value is -3.33. The summed E-state index contributed by atoms with van der Waals surface area (Å²) in [4.78, 5) is 44.4. The Morgan fingerprint density at radius 1 is 1.03 bits per heavy atom. The average Bonchev–Trinajstić information content (AvgIpc) is 3.38. The van der Waals surface area contributed by atoms with Gasteiger partial charge < -0.3 is 10.2 Å². The zero-order chi connectivity index (χ0) is 23.2. The van der Waals surface area contributed by atoms with Gasteiger partial charge in [0.05, 0.1) is 11.0 Å². The summed E-state index contributed by atoms with van der Waals surface area (Å²) in [5.41, 5.74) is 1.42. The highest BCUT2D eigenvalue weighted by Crippen LogP contribution is 2.31. The van der Waals surface area contributed by atoms with Crippen LogP contribution < -0.4 is 5.32 Å². The van der Waals surface area contributed by atoms with Crippen molar-refractivity contribution in [3.63, 3.8) is 0 Å². The van der Waals surface area contributed by atoms with Crippen molar-refractivity contribution < 1.29 is 14.5 Å². The summed E-state index contributed by atoms with van der Waals surface area (Å²) < 4.78 is 0. The Morgan fingerprint density at radius 3 is 2.27 bits per heavy atom. The number of hydrogen-bond donors (Lipinski definition) is 1. The van der Waals surface area contributed by atoms with Gasteiger partial charge >= 0.3 is 0 Å². The lowest BCUT2D eigenvalue weighted by atomic mass is 9.94. The lowest BCUT2D eigenvalue weighted by molar-refractivity contribution is -0.384. The van der Waals surface area contributed by atoms with Crippen LogP contribution >= 0.6 is 0 Å². The second kappa shape index (κ2) is 10.5. The SMILES string of the molecule is O=C(NCc1ccncc1)[C@@H](C1CCCC1)N1CCN(C(=O)c2ccc([N+](=O)[O-])cc2)CC1. The minimum absolute atomic E-state index is 0.0337. The number of nitrogens with one attached hydrogen (secondary N) is 1. The van der Waals surface area contributed by atoms with Crippen molar-refractivity contribution in [2.24, 2.45) is 5.92 Å². The van der Waals surface area contributed by atoms with Crippen molar-refractivity contribution in [1.29, 1.82) is 0 Å². The maximum Gasteiger partial charge on any atom is 0.269 e. The zero-order valence-electron chi connectivity index (χ0n) is 18.6. The molecule has 1 aliphatic heterocycles. The van der Waals surface area contributed by atoms with E-state index in [2.05, 4.69) is 15.2 Å². The summed E-state index contributed by atoms with van der Waals surface area (Å²) in [7, 11) is 0. The van der Waals surface area contributed by atoms with Crippen LogP contribution in [0.15, 0.2) is 48.8 Å². The van der Waals surface area contributed by atoms with Crippen molar-refractivity contribution in [2.45, 2.75) is 38.3 Å². The molecule has 9 heteroatoms. The molecule has 1 atom stereocenters. The van der Waals surface area contributed by atoms with E-state index in [4.69, 9.17) is 0 Å². The Kier molecular flexibility index (Phi) is 7.29. The maximum atomic E-state index is 13.2. The number of nitrogens with zero attached hydrogens (tertiary/aromatic N) is 4. The number of carbonyl (C=O) groups is 2. The highest BCUT2D eigenvalue weighted by atomic mass is 16.6. The molecule has 33 heavy (non-hydrogen) atoms. The van der Waals surface area contributed by atoms with Crippen molar-refractivity contribution in [1.82, 2.24) is 20.1 Å². The molecular weight excluding hydrogens is 422 g/mol. The molecule has 1 aliphatic carbocycles. The van der Waals surface area contributed by atoms with Crippen LogP contribution in [0.1, 0.15) is 41.6 Å². The number of non-ortho nitro benzene ring substituents is 1. The largest absolute Gasteiger partial charge is 0.351 e. The van der Waals surface area contributed by atoms with Crippen molar-refractivity contribution in [3.05, 3.63) is 70.0 Å². The Balaban J connectivity index is 1.37. The molecule has 0 unspecified atom stereocenters. The molecule has 2 aliphatic rings. The molecule has 174 valence electrons. The molecular formula is C24H29N5O4. The van der Waals surface area contributed by atoms with Crippen LogP contribution in [-0.2, 0) is 11.3 Å². The fourth-order valence-electron chi connectivity index (χ4n) is 4.86. The second-order valence-electron chi connectivity index (χ2n) is 8.69. The van der Waals surface area contributed by atoms with Gasteiger partial charge in [-0.3, -0.25) is 29.6 Å². The maximum absolute atomic E-state index is 13.2. The van der Waals surface area contributed by atoms with E-state index in [1.807, 2.05) is 12.1 Å². The number of amides is 2. The number of nitro benzene ring substituents is 1. The van der Waals surface area contributed by atoms with Gasteiger partial charge in [0.1, 0.15) is 0 Å². The summed E-state index contributed by atoms with van der Waals surface area (Å²) in [5, 5.41) is 13.9. The van der Waals surface area contributed by atoms with Crippen molar-refractivity contribution in [2.75, 3.05) is 26.2 Å². The molecule has 2 heterocycles. The molecule has 2 fully saturated rings. The number of hydrogen-bond acceptors (Lipinski definition) is 6. The Morgan fingerprint density at radius 2 is 1.67 bits per heavy atom. The highest BCUT2D eigenvalue weighted by molar-refractivity contribution is 5.94. The molecule has 1 N–H and O–H groups in total. The van der Waals surface area contributed by atoms with Crippen molar-refractivity contribution in [3.8, 4) is 0 Å². The summed E-state index contributed by atoms with van der Waals surface area (Å²) in [6.45, 7) is 2.78. The number of piperazine rings is 1. The molecule has 0 spiro atoms. The standard InChI is InChI=1S/C24H29N5O4/c30-23(26-17-18-9-11-25-12-10-18)22(19-3-1-2-4-19)27-13-15-28(16-14-27)24(31)20-5-7-21(8-6-20)29(32)33/h5-12,19,22H,1-4,13-17H2,(H,26,30)/t22-/m1/s1. The van der Waals surface area contributed by atoms with Crippen LogP contribution in [0.5, 0.6) is 0 Å². The van der Waals surface area contributed by atoms with Crippen LogP contribution in [0, 0.1) is 16.0 Å². The molecule has 0 bridgehead atoms. The van der Waals surface area contributed by atoms with Crippen LogP contribution in [0.25, 0.3) is 0 Å². The number of nitro groups is 1. The summed E-state index contributed by atoms with van der Waals surface area (Å²) in [6.07, 6.45) is 7.84. The summed E-state index contributed by atoms with van der Waals surface area (Å²) in [5.74, 6) is 0.248. The molecule has 2 aromatic rings. The third-order valence-corrected chi connectivity index (χ3v) is 6.65. The van der Waals surface area contributed by atoms with E-state index in [-0.39, 0.29) is 23.5 Å². The van der Waals surface area contributed by atoms with Gasteiger partial charge in [-0.25, -0.2) is 0 Å². The van der Waals surface area contributed by atoms with Gasteiger partial charge in [-0.2, -0.15) is 0 Å². The first kappa shape index (κ1) is 22.8. The minimum atomic E-state index is -0.476. The normalized spacial score (nSPS) is 18.1. The van der Waals surface area contributed by atoms with Crippen LogP contribution in [0.2, 0.25) is 0 Å². The Bertz CT molecular complexity index is 968. The lowest BCUT2D eigenvalue weighted by Crippen LogP contribution is -2.57. The monoisotopic (exact) mass is 451 g/mol. The van der Waals surface area contributed by atoms with E-state index in [9.17, 15) is 19.7 Å². The number of pyridine rings is 1. The topological polar surface area (TPSA) is 109 Å². The van der Waals surface area contributed by atoms with Crippen LogP contribution in [-0.4, -0.2) is 63.7 Å². The molecule has 1 saturated heterocycles. The number of aromatic nitrogens is 1. The van der Waals surface area contributed by atoms with Crippen LogP contribution in [0.4, 0.5) is 5.69 Å². The zero-order valence-corrected chi connectivity index (χ0v) is 18.6. The third kappa shape index (κ3) is 5.54. The van der Waals surface area contributed by atoms with Gasteiger partial charge in [0.15, 0.2) is 0 Å². The molecule has 0 radical (unpaired) electrons. The third-order valence-electron chi connectivity index (χ3n) is 6.65. The quantitative estimate of drug-likeness (QED) is 0.512. The predicted octanol–water partition coefficient (Wildman–Crippen LogP) is 2.62. The smallest absolute Gasteiger partial charge is 0.269 e. The molecule has 9 nitrogen and oxygen atoms in total. The van der Waals surface area contributed by atoms with Crippen molar-refractivity contribution >= 4 is 17.5 Å². The lowest BCUT2D eigenvalue weighted by Gasteiger charge is -2.40. The van der Waals surface area contributed by atoms with Gasteiger partial charge in [0.2, 0.25) is 5.91 Å². The van der Waals surface area contributed by atoms with E-state index in [0.717, 1.165) is 31.2 Å². The van der Waals surface area contributed by atoms with Gasteiger partial charge in [0.25, 0.3) is 11.6 Å². The molecule has 1 aromatic heterocycles. The van der Waals surface area contributed by atoms with Gasteiger partial charge in [-0.15, -0.1) is 0 Å². The fraction of sp³-hybridized carbons (Fsp3) is 0.458. The average molecular weight is 452 g/mol. The minimum Gasteiger partial charge on any atom is -0.351 e. The van der Waals surface area contributed by atoms with E-state index in [0.29, 0.717) is 44.2 Å². The first-order chi connectivity index (χ1) is 16.0. The van der Waals surface area contributed by atoms with Crippen LogP contribution in [0.3, 0.4) is 0 Å². The summed E-state index contributed by atoms with van der Waals surface area (Å²) >= 11 is 0. The van der Waals surface area contributed by atoms with E-state index in [1.54, 1.807) is 17.3 Å². The second-order valence-corrected chi connectivity index (χ2v) is 8.69. The van der Waals surface area contributed by atoms with Gasteiger partial charge in [-0.05, 0) is 48.6 Å². The predicted molar refractivity (Wildman–Crippen MR) is 122 cm³/mol. The van der Waals surface area contributed by atoms with E-state index in [1.165, 1.54) is 24.3 Å².